The predicted molar refractivity (Wildman–Crippen MR) is 75.2 cm³/mol. The van der Waals surface area contributed by atoms with E-state index in [4.69, 9.17) is 16.3 Å². The largest absolute Gasteiger partial charge is 0.463 e. The second-order valence-electron chi connectivity index (χ2n) is 5.06. The van der Waals surface area contributed by atoms with Crippen LogP contribution in [0.4, 0.5) is 5.95 Å². The molecule has 1 aliphatic rings. The third-order valence-electron chi connectivity index (χ3n) is 3.04. The molecule has 8 nitrogen and oxygen atoms in total. The maximum Gasteiger partial charge on any atom is 0.322 e. The van der Waals surface area contributed by atoms with Crippen LogP contribution in [0.1, 0.15) is 27.2 Å². The van der Waals surface area contributed by atoms with Crippen LogP contribution < -0.4 is 15.0 Å². The van der Waals surface area contributed by atoms with Gasteiger partial charge in [-0.25, -0.2) is 0 Å². The molecule has 1 saturated heterocycles. The third kappa shape index (κ3) is 3.21. The number of nitrogens with zero attached hydrogens (tertiary/aromatic N) is 4. The number of piperazine rings is 1. The predicted octanol–water partition coefficient (Wildman–Crippen LogP) is 0.555. The Morgan fingerprint density at radius 3 is 2.71 bits per heavy atom. The molecule has 21 heavy (non-hydrogen) atoms. The first-order chi connectivity index (χ1) is 9.84. The molecule has 0 aliphatic carbocycles. The first-order valence-corrected chi connectivity index (χ1v) is 6.88. The van der Waals surface area contributed by atoms with Crippen molar-refractivity contribution in [1.29, 1.82) is 0 Å². The van der Waals surface area contributed by atoms with E-state index in [2.05, 4.69) is 20.3 Å². The fourth-order valence-corrected chi connectivity index (χ4v) is 1.95. The van der Waals surface area contributed by atoms with E-state index in [1.807, 2.05) is 6.92 Å². The van der Waals surface area contributed by atoms with Crippen LogP contribution in [-0.4, -0.2) is 45.5 Å². The first kappa shape index (κ1) is 15.4. The van der Waals surface area contributed by atoms with Gasteiger partial charge in [0.1, 0.15) is 12.1 Å². The molecule has 1 aliphatic heterocycles. The van der Waals surface area contributed by atoms with Crippen molar-refractivity contribution >= 4 is 29.4 Å². The number of ether oxygens (including phenoxy) is 1. The monoisotopic (exact) mass is 313 g/mol. The highest BCUT2D eigenvalue weighted by molar-refractivity contribution is 6.28. The molecule has 1 fully saturated rings. The lowest BCUT2D eigenvalue weighted by Crippen LogP contribution is -2.64. The maximum atomic E-state index is 11.9. The quantitative estimate of drug-likeness (QED) is 0.811. The molecule has 0 atom stereocenters. The van der Waals surface area contributed by atoms with Crippen LogP contribution in [0.5, 0.6) is 6.01 Å². The van der Waals surface area contributed by atoms with E-state index in [0.717, 1.165) is 6.42 Å². The van der Waals surface area contributed by atoms with Crippen molar-refractivity contribution in [3.63, 3.8) is 0 Å². The fraction of sp³-hybridized carbons (Fsp3) is 0.583. The van der Waals surface area contributed by atoms with Crippen LogP contribution in [0.2, 0.25) is 5.28 Å². The molecular weight excluding hydrogens is 298 g/mol. The summed E-state index contributed by atoms with van der Waals surface area (Å²) >= 11 is 5.86. The Morgan fingerprint density at radius 2 is 2.05 bits per heavy atom. The Morgan fingerprint density at radius 1 is 1.33 bits per heavy atom. The van der Waals surface area contributed by atoms with Crippen molar-refractivity contribution in [3.8, 4) is 6.01 Å². The Bertz CT molecular complexity index is 578. The van der Waals surface area contributed by atoms with Gasteiger partial charge in [0.2, 0.25) is 17.1 Å². The zero-order chi connectivity index (χ0) is 15.6. The third-order valence-corrected chi connectivity index (χ3v) is 3.21. The lowest BCUT2D eigenvalue weighted by atomic mass is 9.99. The number of nitrogens with one attached hydrogen (secondary N) is 1. The molecule has 2 heterocycles. The Labute approximate surface area is 126 Å². The van der Waals surface area contributed by atoms with Gasteiger partial charge in [-0.05, 0) is 31.9 Å². The van der Waals surface area contributed by atoms with Crippen LogP contribution in [0, 0.1) is 0 Å². The van der Waals surface area contributed by atoms with E-state index < -0.39 is 17.4 Å². The highest BCUT2D eigenvalue weighted by Crippen LogP contribution is 2.25. The maximum absolute atomic E-state index is 11.9. The van der Waals surface area contributed by atoms with Crippen molar-refractivity contribution in [1.82, 2.24) is 20.3 Å². The molecule has 0 unspecified atom stereocenters. The molecule has 0 radical (unpaired) electrons. The van der Waals surface area contributed by atoms with Gasteiger partial charge in [-0.1, -0.05) is 6.92 Å². The fourth-order valence-electron chi connectivity index (χ4n) is 1.80. The molecular formula is C12H16ClN5O3. The smallest absolute Gasteiger partial charge is 0.322 e. The number of hydrogen-bond acceptors (Lipinski definition) is 7. The summed E-state index contributed by atoms with van der Waals surface area (Å²) < 4.78 is 5.33. The van der Waals surface area contributed by atoms with Crippen LogP contribution >= 0.6 is 11.6 Å². The molecule has 0 spiro atoms. The van der Waals surface area contributed by atoms with Crippen molar-refractivity contribution < 1.29 is 14.3 Å². The number of halogens is 1. The lowest BCUT2D eigenvalue weighted by Gasteiger charge is -2.39. The van der Waals surface area contributed by atoms with E-state index in [0.29, 0.717) is 6.61 Å². The average Bonchev–Trinajstić information content (AvgIpc) is 2.40. The normalized spacial score (nSPS) is 17.6. The van der Waals surface area contributed by atoms with Gasteiger partial charge in [0.05, 0.1) is 6.61 Å². The highest BCUT2D eigenvalue weighted by Gasteiger charge is 2.42. The minimum atomic E-state index is -0.985. The van der Waals surface area contributed by atoms with Gasteiger partial charge >= 0.3 is 6.01 Å². The molecule has 0 bridgehead atoms. The number of amides is 2. The van der Waals surface area contributed by atoms with E-state index >= 15 is 0 Å². The van der Waals surface area contributed by atoms with E-state index in [1.54, 1.807) is 13.8 Å². The lowest BCUT2D eigenvalue weighted by molar-refractivity contribution is -0.135. The molecule has 2 rings (SSSR count). The summed E-state index contributed by atoms with van der Waals surface area (Å²) in [6.07, 6.45) is 0.786. The van der Waals surface area contributed by atoms with Gasteiger partial charge < -0.3 is 9.64 Å². The zero-order valence-corrected chi connectivity index (χ0v) is 12.8. The average molecular weight is 314 g/mol. The molecule has 0 aromatic carbocycles. The molecule has 2 amide bonds. The highest BCUT2D eigenvalue weighted by atomic mass is 35.5. The van der Waals surface area contributed by atoms with Crippen LogP contribution in [-0.2, 0) is 9.59 Å². The molecule has 1 N–H and O–H groups in total. The number of hydrogen-bond donors (Lipinski definition) is 1. The topological polar surface area (TPSA) is 97.3 Å². The van der Waals surface area contributed by atoms with E-state index in [1.165, 1.54) is 4.90 Å². The summed E-state index contributed by atoms with van der Waals surface area (Å²) in [6, 6.07) is 0.0704. The second-order valence-corrected chi connectivity index (χ2v) is 5.40. The number of aromatic nitrogens is 3. The van der Waals surface area contributed by atoms with Crippen LogP contribution in [0.3, 0.4) is 0 Å². The molecule has 114 valence electrons. The number of rotatable bonds is 4. The van der Waals surface area contributed by atoms with Crippen molar-refractivity contribution in [2.75, 3.05) is 18.1 Å². The zero-order valence-electron chi connectivity index (χ0n) is 12.0. The summed E-state index contributed by atoms with van der Waals surface area (Å²) in [7, 11) is 0. The summed E-state index contributed by atoms with van der Waals surface area (Å²) in [6.45, 7) is 5.66. The summed E-state index contributed by atoms with van der Waals surface area (Å²) in [4.78, 5) is 37.0. The van der Waals surface area contributed by atoms with E-state index in [-0.39, 0.29) is 23.8 Å². The second kappa shape index (κ2) is 5.80. The summed E-state index contributed by atoms with van der Waals surface area (Å²) in [5, 5.41) is 2.22. The molecule has 0 saturated carbocycles. The number of anilines is 1. The van der Waals surface area contributed by atoms with Gasteiger partial charge in [0.25, 0.3) is 5.91 Å². The van der Waals surface area contributed by atoms with Gasteiger partial charge in [0.15, 0.2) is 0 Å². The number of carbonyl (C=O) groups excluding carboxylic acids is 2. The first-order valence-electron chi connectivity index (χ1n) is 6.51. The summed E-state index contributed by atoms with van der Waals surface area (Å²) in [5.41, 5.74) is -0.985. The standard InChI is InChI=1S/C12H16ClN5O3/c1-4-5-21-11-16-9(13)15-10(17-11)18-6-7(19)14-8(20)12(18,2)3/h4-6H2,1-3H3,(H,14,19,20). The van der Waals surface area contributed by atoms with Gasteiger partial charge in [-0.3, -0.25) is 14.9 Å². The molecule has 1 aromatic rings. The Kier molecular flexibility index (Phi) is 4.26. The number of carbonyl (C=O) groups is 2. The van der Waals surface area contributed by atoms with Crippen LogP contribution in [0.25, 0.3) is 0 Å². The van der Waals surface area contributed by atoms with E-state index in [9.17, 15) is 9.59 Å². The molecule has 9 heteroatoms. The Hall–Kier alpha value is -1.96. The van der Waals surface area contributed by atoms with Gasteiger partial charge in [-0.2, -0.15) is 15.0 Å². The van der Waals surface area contributed by atoms with Gasteiger partial charge in [-0.15, -0.1) is 0 Å². The van der Waals surface area contributed by atoms with Crippen molar-refractivity contribution in [3.05, 3.63) is 5.28 Å². The molecule has 1 aromatic heterocycles. The van der Waals surface area contributed by atoms with Crippen molar-refractivity contribution in [2.24, 2.45) is 0 Å². The minimum Gasteiger partial charge on any atom is -0.463 e. The van der Waals surface area contributed by atoms with Gasteiger partial charge in [0, 0.05) is 0 Å². The SMILES string of the molecule is CCCOc1nc(Cl)nc(N2CC(=O)NC(=O)C2(C)C)n1. The Balaban J connectivity index is 2.37. The minimum absolute atomic E-state index is 0.0493. The van der Waals surface area contributed by atoms with Crippen molar-refractivity contribution in [2.45, 2.75) is 32.7 Å². The van der Waals surface area contributed by atoms with Crippen LogP contribution in [0.15, 0.2) is 0 Å². The number of imide groups is 1. The summed E-state index contributed by atoms with van der Waals surface area (Å²) in [5.74, 6) is -0.715.